The maximum atomic E-state index is 11.6. The van der Waals surface area contributed by atoms with Crippen molar-refractivity contribution in [2.45, 2.75) is 37.7 Å². The van der Waals surface area contributed by atoms with Gasteiger partial charge in [-0.2, -0.15) is 0 Å². The lowest BCUT2D eigenvalue weighted by Crippen LogP contribution is -2.41. The lowest BCUT2D eigenvalue weighted by molar-refractivity contribution is 0.0904. The van der Waals surface area contributed by atoms with E-state index in [2.05, 4.69) is 12.1 Å². The first-order valence-electron chi connectivity index (χ1n) is 7.66. The quantitative estimate of drug-likeness (QED) is 0.922. The smallest absolute Gasteiger partial charge is 0.211 e. The third kappa shape index (κ3) is 3.15. The first-order valence-corrected chi connectivity index (χ1v) is 9.51. The van der Waals surface area contributed by atoms with E-state index in [1.54, 1.807) is 4.31 Å². The molecule has 116 valence electrons. The minimum atomic E-state index is -3.10. The number of fused-ring (bicyclic) bond motifs is 1. The van der Waals surface area contributed by atoms with Crippen molar-refractivity contribution in [3.63, 3.8) is 0 Å². The first-order chi connectivity index (χ1) is 9.95. The maximum absolute atomic E-state index is 11.6. The molecule has 0 spiro atoms. The molecule has 2 aliphatic rings. The highest BCUT2D eigenvalue weighted by Gasteiger charge is 2.34. The average Bonchev–Trinajstić information content (AvgIpc) is 2.39. The van der Waals surface area contributed by atoms with E-state index in [0.717, 1.165) is 19.3 Å². The Balaban J connectivity index is 1.60. The van der Waals surface area contributed by atoms with Crippen LogP contribution in [0, 0.1) is 5.92 Å². The van der Waals surface area contributed by atoms with E-state index in [9.17, 15) is 13.5 Å². The van der Waals surface area contributed by atoms with Crippen molar-refractivity contribution < 1.29 is 13.5 Å². The van der Waals surface area contributed by atoms with Crippen molar-refractivity contribution in [2.75, 3.05) is 19.3 Å². The summed E-state index contributed by atoms with van der Waals surface area (Å²) in [5.74, 6) is 0.506. The molecule has 1 aromatic carbocycles. The monoisotopic (exact) mass is 309 g/mol. The van der Waals surface area contributed by atoms with Crippen LogP contribution in [-0.2, 0) is 16.4 Å². The number of sulfonamides is 1. The fraction of sp³-hybridized carbons (Fsp3) is 0.625. The number of hydrogen-bond donors (Lipinski definition) is 1. The Hall–Kier alpha value is -0.910. The van der Waals surface area contributed by atoms with Gasteiger partial charge < -0.3 is 5.11 Å². The second-order valence-electron chi connectivity index (χ2n) is 6.44. The van der Waals surface area contributed by atoms with Gasteiger partial charge in [-0.3, -0.25) is 0 Å². The normalized spacial score (nSPS) is 27.7. The summed E-state index contributed by atoms with van der Waals surface area (Å²) >= 11 is 0. The van der Waals surface area contributed by atoms with Gasteiger partial charge in [0.1, 0.15) is 0 Å². The molecule has 1 aromatic rings. The Morgan fingerprint density at radius 1 is 1.38 bits per heavy atom. The molecule has 1 heterocycles. The standard InChI is InChI=1S/C16H23NO3S/c1-21(19,20)17-8-4-5-12(11-17)9-16(18)15-10-13-6-2-3-7-14(13)15/h2-3,6-7,12,15-16,18H,4-5,8-11H2,1H3. The zero-order valence-corrected chi connectivity index (χ0v) is 13.2. The van der Waals surface area contributed by atoms with Crippen LogP contribution < -0.4 is 0 Å². The molecule has 1 fully saturated rings. The van der Waals surface area contributed by atoms with Crippen LogP contribution >= 0.6 is 0 Å². The van der Waals surface area contributed by atoms with E-state index in [-0.39, 0.29) is 17.9 Å². The lowest BCUT2D eigenvalue weighted by Gasteiger charge is -2.37. The van der Waals surface area contributed by atoms with E-state index in [1.165, 1.54) is 17.4 Å². The number of hydrogen-bond acceptors (Lipinski definition) is 3. The van der Waals surface area contributed by atoms with Crippen molar-refractivity contribution in [3.05, 3.63) is 35.4 Å². The molecule has 1 saturated heterocycles. The van der Waals surface area contributed by atoms with Crippen LogP contribution in [0.5, 0.6) is 0 Å². The molecule has 0 radical (unpaired) electrons. The number of aliphatic hydroxyl groups is 1. The highest BCUT2D eigenvalue weighted by molar-refractivity contribution is 7.88. The van der Waals surface area contributed by atoms with Crippen LogP contribution in [0.1, 0.15) is 36.3 Å². The fourth-order valence-electron chi connectivity index (χ4n) is 3.67. The molecule has 0 bridgehead atoms. The van der Waals surface area contributed by atoms with Gasteiger partial charge in [0.25, 0.3) is 0 Å². The van der Waals surface area contributed by atoms with Crippen LogP contribution in [0.2, 0.25) is 0 Å². The van der Waals surface area contributed by atoms with Gasteiger partial charge in [0.15, 0.2) is 0 Å². The van der Waals surface area contributed by atoms with E-state index in [4.69, 9.17) is 0 Å². The molecule has 3 rings (SSSR count). The average molecular weight is 309 g/mol. The summed E-state index contributed by atoms with van der Waals surface area (Å²) in [6.45, 7) is 1.18. The minimum absolute atomic E-state index is 0.231. The van der Waals surface area contributed by atoms with Gasteiger partial charge in [-0.05, 0) is 42.7 Å². The zero-order valence-electron chi connectivity index (χ0n) is 12.4. The summed E-state index contributed by atoms with van der Waals surface area (Å²) < 4.78 is 24.8. The van der Waals surface area contributed by atoms with Crippen LogP contribution in [-0.4, -0.2) is 43.3 Å². The molecule has 4 nitrogen and oxygen atoms in total. The third-order valence-electron chi connectivity index (χ3n) is 4.88. The number of rotatable bonds is 4. The van der Waals surface area contributed by atoms with Crippen LogP contribution in [0.3, 0.4) is 0 Å². The van der Waals surface area contributed by atoms with Gasteiger partial charge in [0.2, 0.25) is 10.0 Å². The summed E-state index contributed by atoms with van der Waals surface area (Å²) in [7, 11) is -3.10. The second kappa shape index (κ2) is 5.71. The molecule has 3 unspecified atom stereocenters. The number of benzene rings is 1. The highest BCUT2D eigenvalue weighted by atomic mass is 32.2. The Bertz CT molecular complexity index is 614. The lowest BCUT2D eigenvalue weighted by atomic mass is 9.72. The minimum Gasteiger partial charge on any atom is -0.392 e. The summed E-state index contributed by atoms with van der Waals surface area (Å²) in [4.78, 5) is 0. The fourth-order valence-corrected chi connectivity index (χ4v) is 4.61. The maximum Gasteiger partial charge on any atom is 0.211 e. The van der Waals surface area contributed by atoms with Crippen LogP contribution in [0.25, 0.3) is 0 Å². The molecule has 3 atom stereocenters. The van der Waals surface area contributed by atoms with Gasteiger partial charge in [0, 0.05) is 19.0 Å². The second-order valence-corrected chi connectivity index (χ2v) is 8.42. The van der Waals surface area contributed by atoms with Gasteiger partial charge >= 0.3 is 0 Å². The topological polar surface area (TPSA) is 57.6 Å². The molecule has 21 heavy (non-hydrogen) atoms. The van der Waals surface area contributed by atoms with Crippen molar-refractivity contribution in [3.8, 4) is 0 Å². The third-order valence-corrected chi connectivity index (χ3v) is 6.15. The largest absolute Gasteiger partial charge is 0.392 e. The molecule has 1 aliphatic heterocycles. The molecular weight excluding hydrogens is 286 g/mol. The molecular formula is C16H23NO3S. The van der Waals surface area contributed by atoms with E-state index in [1.807, 2.05) is 12.1 Å². The predicted octanol–water partition coefficient (Wildman–Crippen LogP) is 1.75. The van der Waals surface area contributed by atoms with Gasteiger partial charge in [0.05, 0.1) is 12.4 Å². The Labute approximate surface area is 126 Å². The molecule has 0 saturated carbocycles. The number of piperidine rings is 1. The van der Waals surface area contributed by atoms with Crippen molar-refractivity contribution >= 4 is 10.0 Å². The summed E-state index contributed by atoms with van der Waals surface area (Å²) in [6.07, 6.45) is 4.46. The first kappa shape index (κ1) is 15.0. The summed E-state index contributed by atoms with van der Waals surface area (Å²) in [5, 5.41) is 10.5. The molecule has 1 N–H and O–H groups in total. The number of aliphatic hydroxyl groups excluding tert-OH is 1. The summed E-state index contributed by atoms with van der Waals surface area (Å²) in [5.41, 5.74) is 2.60. The predicted molar refractivity (Wildman–Crippen MR) is 82.7 cm³/mol. The number of nitrogens with zero attached hydrogens (tertiary/aromatic N) is 1. The molecule has 1 aliphatic carbocycles. The van der Waals surface area contributed by atoms with Crippen molar-refractivity contribution in [1.29, 1.82) is 0 Å². The van der Waals surface area contributed by atoms with Gasteiger partial charge in [-0.15, -0.1) is 0 Å². The van der Waals surface area contributed by atoms with Crippen molar-refractivity contribution in [2.24, 2.45) is 5.92 Å². The molecule has 0 amide bonds. The zero-order chi connectivity index (χ0) is 15.0. The van der Waals surface area contributed by atoms with E-state index in [0.29, 0.717) is 19.5 Å². The Morgan fingerprint density at radius 3 is 2.86 bits per heavy atom. The van der Waals surface area contributed by atoms with Crippen molar-refractivity contribution in [1.82, 2.24) is 4.31 Å². The van der Waals surface area contributed by atoms with Crippen LogP contribution in [0.4, 0.5) is 0 Å². The van der Waals surface area contributed by atoms with Gasteiger partial charge in [-0.1, -0.05) is 24.3 Å². The van der Waals surface area contributed by atoms with E-state index >= 15 is 0 Å². The highest BCUT2D eigenvalue weighted by Crippen LogP contribution is 2.39. The van der Waals surface area contributed by atoms with Crippen LogP contribution in [0.15, 0.2) is 24.3 Å². The van der Waals surface area contributed by atoms with E-state index < -0.39 is 10.0 Å². The van der Waals surface area contributed by atoms with Gasteiger partial charge in [-0.25, -0.2) is 12.7 Å². The molecule has 5 heteroatoms. The Kier molecular flexibility index (Phi) is 4.08. The summed E-state index contributed by atoms with van der Waals surface area (Å²) in [6, 6.07) is 8.26. The SMILES string of the molecule is CS(=O)(=O)N1CCCC(CC(O)C2Cc3ccccc32)C1. The molecule has 0 aromatic heterocycles. The Morgan fingerprint density at radius 2 is 2.14 bits per heavy atom.